The first-order valence-corrected chi connectivity index (χ1v) is 4.07. The van der Waals surface area contributed by atoms with Crippen molar-refractivity contribution in [3.05, 3.63) is 0 Å². The van der Waals surface area contributed by atoms with Crippen LogP contribution in [-0.2, 0) is 4.74 Å². The van der Waals surface area contributed by atoms with Gasteiger partial charge in [-0.05, 0) is 24.6 Å². The first kappa shape index (κ1) is 8.90. The average molecular weight is 176 g/mol. The maximum Gasteiger partial charge on any atom is 0.156 e. The maximum absolute atomic E-state index is 8.79. The van der Waals surface area contributed by atoms with Gasteiger partial charge < -0.3 is 14.9 Å². The van der Waals surface area contributed by atoms with Gasteiger partial charge in [-0.3, -0.25) is 0 Å². The molecule has 1 aliphatic heterocycles. The number of ether oxygens (including phenoxy) is 1. The summed E-state index contributed by atoms with van der Waals surface area (Å²) in [5, 5.41) is 17.5. The lowest BCUT2D eigenvalue weighted by molar-refractivity contribution is 0.0574. The van der Waals surface area contributed by atoms with Gasteiger partial charge in [0, 0.05) is 6.42 Å². The van der Waals surface area contributed by atoms with Crippen molar-refractivity contribution in [2.45, 2.75) is 18.9 Å². The third-order valence-corrected chi connectivity index (χ3v) is 2.00. The van der Waals surface area contributed by atoms with Crippen molar-refractivity contribution < 1.29 is 14.9 Å². The summed E-state index contributed by atoms with van der Waals surface area (Å²) in [7, 11) is 0. The standard InChI is InChI=1S/C7H12O3S/c8-3-6-1-5(4-10-6)2-7(9)11/h5-6,8H,1-4H2,(H,9,11)/t5-,6-/m0/s1. The highest BCUT2D eigenvalue weighted by Gasteiger charge is 2.25. The summed E-state index contributed by atoms with van der Waals surface area (Å²) in [4.78, 5) is 0. The normalized spacial score (nSPS) is 30.6. The first-order valence-electron chi connectivity index (χ1n) is 3.66. The van der Waals surface area contributed by atoms with Gasteiger partial charge in [0.15, 0.2) is 5.05 Å². The molecule has 1 saturated heterocycles. The monoisotopic (exact) mass is 176 g/mol. The molecule has 2 atom stereocenters. The van der Waals surface area contributed by atoms with Gasteiger partial charge >= 0.3 is 0 Å². The molecule has 3 nitrogen and oxygen atoms in total. The van der Waals surface area contributed by atoms with Gasteiger partial charge in [0.2, 0.25) is 0 Å². The third kappa shape index (κ3) is 2.73. The number of rotatable bonds is 3. The SMILES string of the molecule is OC[C@@H]1C[C@@H](CC(O)=S)CO1. The van der Waals surface area contributed by atoms with E-state index in [1.165, 1.54) is 0 Å². The van der Waals surface area contributed by atoms with Gasteiger partial charge in [-0.25, -0.2) is 0 Å². The minimum Gasteiger partial charge on any atom is -0.502 e. The predicted molar refractivity (Wildman–Crippen MR) is 44.8 cm³/mol. The summed E-state index contributed by atoms with van der Waals surface area (Å²) in [6.45, 7) is 0.667. The molecule has 1 heterocycles. The van der Waals surface area contributed by atoms with Gasteiger partial charge in [0.1, 0.15) is 0 Å². The van der Waals surface area contributed by atoms with Crippen molar-refractivity contribution in [1.82, 2.24) is 0 Å². The first-order chi connectivity index (χ1) is 5.22. The fraction of sp³-hybridized carbons (Fsp3) is 0.857. The Morgan fingerprint density at radius 3 is 2.82 bits per heavy atom. The van der Waals surface area contributed by atoms with E-state index in [4.69, 9.17) is 14.9 Å². The van der Waals surface area contributed by atoms with E-state index < -0.39 is 0 Å². The summed E-state index contributed by atoms with van der Waals surface area (Å²) in [5.74, 6) is 0.296. The highest BCUT2D eigenvalue weighted by atomic mass is 32.1. The van der Waals surface area contributed by atoms with Crippen LogP contribution in [-0.4, -0.2) is 34.6 Å². The topological polar surface area (TPSA) is 49.7 Å². The molecule has 0 amide bonds. The molecule has 64 valence electrons. The highest BCUT2D eigenvalue weighted by molar-refractivity contribution is 7.80. The molecule has 1 fully saturated rings. The Hall–Kier alpha value is -0.190. The van der Waals surface area contributed by atoms with E-state index >= 15 is 0 Å². The van der Waals surface area contributed by atoms with Crippen LogP contribution in [0.3, 0.4) is 0 Å². The van der Waals surface area contributed by atoms with Crippen LogP contribution >= 0.6 is 12.2 Å². The van der Waals surface area contributed by atoms with E-state index in [0.29, 0.717) is 18.9 Å². The number of hydrogen-bond acceptors (Lipinski definition) is 3. The lowest BCUT2D eigenvalue weighted by Crippen LogP contribution is -2.10. The van der Waals surface area contributed by atoms with Crippen LogP contribution in [0.4, 0.5) is 0 Å². The molecule has 1 aliphatic rings. The van der Waals surface area contributed by atoms with Crippen molar-refractivity contribution in [1.29, 1.82) is 0 Å². The second kappa shape index (κ2) is 3.99. The van der Waals surface area contributed by atoms with Gasteiger partial charge in [0.05, 0.1) is 19.3 Å². The molecule has 11 heavy (non-hydrogen) atoms. The second-order valence-corrected chi connectivity index (χ2v) is 3.31. The fourth-order valence-electron chi connectivity index (χ4n) is 1.30. The molecule has 0 aromatic heterocycles. The summed E-state index contributed by atoms with van der Waals surface area (Å²) in [6.07, 6.45) is 1.28. The largest absolute Gasteiger partial charge is 0.502 e. The molecule has 0 radical (unpaired) electrons. The fourth-order valence-corrected chi connectivity index (χ4v) is 1.53. The van der Waals surface area contributed by atoms with Crippen molar-refractivity contribution >= 4 is 17.3 Å². The molecule has 0 spiro atoms. The lowest BCUT2D eigenvalue weighted by Gasteiger charge is -2.03. The Labute approximate surface area is 71.0 Å². The number of hydrogen-bond donors (Lipinski definition) is 2. The average Bonchev–Trinajstić information content (AvgIpc) is 2.34. The zero-order valence-corrected chi connectivity index (χ0v) is 7.01. The van der Waals surface area contributed by atoms with Gasteiger partial charge in [-0.15, -0.1) is 0 Å². The Kier molecular flexibility index (Phi) is 3.23. The van der Waals surface area contributed by atoms with E-state index in [0.717, 1.165) is 6.42 Å². The predicted octanol–water partition coefficient (Wildman–Crippen LogP) is 0.659. The van der Waals surface area contributed by atoms with Crippen molar-refractivity contribution in [3.63, 3.8) is 0 Å². The quantitative estimate of drug-likeness (QED) is 0.620. The van der Waals surface area contributed by atoms with Gasteiger partial charge in [0.25, 0.3) is 0 Å². The molecular formula is C7H12O3S. The van der Waals surface area contributed by atoms with Crippen LogP contribution < -0.4 is 0 Å². The van der Waals surface area contributed by atoms with E-state index in [-0.39, 0.29) is 17.8 Å². The second-order valence-electron chi connectivity index (χ2n) is 2.84. The van der Waals surface area contributed by atoms with Crippen LogP contribution in [0.25, 0.3) is 0 Å². The molecule has 0 bridgehead atoms. The Balaban J connectivity index is 2.24. The highest BCUT2D eigenvalue weighted by Crippen LogP contribution is 2.22. The zero-order valence-electron chi connectivity index (χ0n) is 6.19. The number of thiocarbonyl (C=S) groups is 1. The van der Waals surface area contributed by atoms with Crippen LogP contribution in [0.2, 0.25) is 0 Å². The van der Waals surface area contributed by atoms with E-state index in [1.54, 1.807) is 0 Å². The minimum atomic E-state index is -0.0469. The zero-order chi connectivity index (χ0) is 8.27. The van der Waals surface area contributed by atoms with Gasteiger partial charge in [-0.2, -0.15) is 0 Å². The third-order valence-electron chi connectivity index (χ3n) is 1.83. The van der Waals surface area contributed by atoms with Crippen LogP contribution in [0.15, 0.2) is 0 Å². The summed E-state index contributed by atoms with van der Waals surface area (Å²) < 4.78 is 5.19. The van der Waals surface area contributed by atoms with Crippen LogP contribution in [0, 0.1) is 5.92 Å². The van der Waals surface area contributed by atoms with E-state index in [2.05, 4.69) is 12.2 Å². The van der Waals surface area contributed by atoms with E-state index in [1.807, 2.05) is 0 Å². The summed E-state index contributed by atoms with van der Waals surface area (Å²) >= 11 is 4.54. The summed E-state index contributed by atoms with van der Waals surface area (Å²) in [5.41, 5.74) is 0. The summed E-state index contributed by atoms with van der Waals surface area (Å²) in [6, 6.07) is 0. The Bertz CT molecular complexity index is 149. The van der Waals surface area contributed by atoms with Gasteiger partial charge in [-0.1, -0.05) is 0 Å². The van der Waals surface area contributed by atoms with Crippen molar-refractivity contribution in [2.75, 3.05) is 13.2 Å². The molecular weight excluding hydrogens is 164 g/mol. The molecule has 0 unspecified atom stereocenters. The Morgan fingerprint density at radius 2 is 2.36 bits per heavy atom. The molecule has 4 heteroatoms. The molecule has 0 aliphatic carbocycles. The molecule has 1 rings (SSSR count). The maximum atomic E-state index is 8.79. The molecule has 2 N–H and O–H groups in total. The smallest absolute Gasteiger partial charge is 0.156 e. The minimum absolute atomic E-state index is 0.0391. The van der Waals surface area contributed by atoms with Crippen LogP contribution in [0.1, 0.15) is 12.8 Å². The van der Waals surface area contributed by atoms with E-state index in [9.17, 15) is 0 Å². The molecule has 0 aromatic carbocycles. The van der Waals surface area contributed by atoms with Crippen molar-refractivity contribution in [3.8, 4) is 0 Å². The Morgan fingerprint density at radius 1 is 1.64 bits per heavy atom. The van der Waals surface area contributed by atoms with Crippen molar-refractivity contribution in [2.24, 2.45) is 5.92 Å². The lowest BCUT2D eigenvalue weighted by atomic mass is 10.0. The molecule has 0 saturated carbocycles. The molecule has 0 aromatic rings. The number of aliphatic hydroxyl groups excluding tert-OH is 2. The number of aliphatic hydroxyl groups is 2. The van der Waals surface area contributed by atoms with Crippen LogP contribution in [0.5, 0.6) is 0 Å².